The molecule has 168 valence electrons. The fraction of sp³-hybridized carbons (Fsp3) is 0.600. The number of hydrogen-bond acceptors (Lipinski definition) is 0. The minimum Gasteiger partial charge on any atom is -0.0853 e. The average molecular weight is 409 g/mol. The van der Waals surface area contributed by atoms with Gasteiger partial charge in [-0.15, -0.1) is 0 Å². The van der Waals surface area contributed by atoms with E-state index in [2.05, 4.69) is 78.0 Å². The molecule has 0 aromatic rings. The molecule has 1 rings (SSSR count). The second-order valence-corrected chi connectivity index (χ2v) is 9.53. The van der Waals surface area contributed by atoms with Gasteiger partial charge in [0.15, 0.2) is 0 Å². The molecule has 0 nitrogen and oxygen atoms in total. The van der Waals surface area contributed by atoms with Crippen LogP contribution in [-0.4, -0.2) is 0 Å². The normalized spacial score (nSPS) is 20.6. The van der Waals surface area contributed by atoms with E-state index in [1.807, 2.05) is 0 Å². The largest absolute Gasteiger partial charge is 0.0853 e. The van der Waals surface area contributed by atoms with Crippen molar-refractivity contribution in [2.75, 3.05) is 0 Å². The molecule has 0 unspecified atom stereocenters. The van der Waals surface area contributed by atoms with Crippen molar-refractivity contribution >= 4 is 0 Å². The molecule has 0 heterocycles. The Morgan fingerprint density at radius 1 is 0.300 bits per heavy atom. The molecule has 0 saturated heterocycles. The summed E-state index contributed by atoms with van der Waals surface area (Å²) in [6, 6.07) is 0. The molecule has 30 heavy (non-hydrogen) atoms. The third kappa shape index (κ3) is 14.4. The molecule has 0 atom stereocenters. The summed E-state index contributed by atoms with van der Waals surface area (Å²) in [6.07, 6.45) is 29.0. The number of allylic oxidation sites excluding steroid dienone is 12. The zero-order valence-electron chi connectivity index (χ0n) is 20.9. The standard InChI is InChI=1S/C30H48/c1-25-13-7-15-26(2)17-9-19-28(4)21-11-23-30(6)24-12-22-29(5)20-10-18-27(3)16-8-14-25/h13,16-17,20-21,24H,7-12,14-15,18-19,22-23H2,1-6H3. The fourth-order valence-electron chi connectivity index (χ4n) is 3.89. The van der Waals surface area contributed by atoms with Gasteiger partial charge in [0.25, 0.3) is 0 Å². The van der Waals surface area contributed by atoms with Gasteiger partial charge < -0.3 is 0 Å². The molecule has 0 aromatic heterocycles. The zero-order chi connectivity index (χ0) is 22.2. The zero-order valence-corrected chi connectivity index (χ0v) is 20.9. The molecule has 0 N–H and O–H groups in total. The Morgan fingerprint density at radius 2 is 0.433 bits per heavy atom. The Hall–Kier alpha value is -1.56. The van der Waals surface area contributed by atoms with Crippen molar-refractivity contribution in [1.29, 1.82) is 0 Å². The first-order valence-corrected chi connectivity index (χ1v) is 12.3. The van der Waals surface area contributed by atoms with Crippen molar-refractivity contribution in [3.63, 3.8) is 0 Å². The van der Waals surface area contributed by atoms with Crippen molar-refractivity contribution in [3.8, 4) is 0 Å². The Morgan fingerprint density at radius 3 is 0.567 bits per heavy atom. The van der Waals surface area contributed by atoms with Crippen LogP contribution in [0.15, 0.2) is 69.9 Å². The lowest BCUT2D eigenvalue weighted by Crippen LogP contribution is -1.84. The highest BCUT2D eigenvalue weighted by atomic mass is 14.0. The monoisotopic (exact) mass is 408 g/mol. The Bertz CT molecular complexity index is 518. The Kier molecular flexibility index (Phi) is 14.3. The molecule has 0 spiro atoms. The SMILES string of the molecule is CC1=CCCC(C)=CCCC(C)=CCCC(C)=CCCC(C)=CCCC(C)=CCC1. The number of hydrogen-bond donors (Lipinski definition) is 0. The van der Waals surface area contributed by atoms with Gasteiger partial charge in [0.2, 0.25) is 0 Å². The molecule has 1 aliphatic rings. The molecule has 1 aliphatic carbocycles. The summed E-state index contributed by atoms with van der Waals surface area (Å²) >= 11 is 0. The lowest BCUT2D eigenvalue weighted by atomic mass is 10.0. The summed E-state index contributed by atoms with van der Waals surface area (Å²) in [7, 11) is 0. The van der Waals surface area contributed by atoms with E-state index in [1.54, 1.807) is 33.4 Å². The van der Waals surface area contributed by atoms with Crippen molar-refractivity contribution in [2.24, 2.45) is 0 Å². The van der Waals surface area contributed by atoms with Crippen molar-refractivity contribution < 1.29 is 0 Å². The van der Waals surface area contributed by atoms with Gasteiger partial charge in [0, 0.05) is 0 Å². The summed E-state index contributed by atoms with van der Waals surface area (Å²) in [4.78, 5) is 0. The van der Waals surface area contributed by atoms with E-state index in [-0.39, 0.29) is 0 Å². The van der Waals surface area contributed by atoms with Gasteiger partial charge in [-0.25, -0.2) is 0 Å². The average Bonchev–Trinajstić information content (AvgIpc) is 2.67. The maximum absolute atomic E-state index is 2.45. The minimum atomic E-state index is 1.18. The summed E-state index contributed by atoms with van der Waals surface area (Å²) in [5, 5.41) is 0. The molecule has 0 saturated carbocycles. The topological polar surface area (TPSA) is 0 Å². The maximum atomic E-state index is 2.45. The maximum Gasteiger partial charge on any atom is -0.0288 e. The van der Waals surface area contributed by atoms with E-state index in [4.69, 9.17) is 0 Å². The molecular weight excluding hydrogens is 360 g/mol. The van der Waals surface area contributed by atoms with Crippen LogP contribution in [0.4, 0.5) is 0 Å². The third-order valence-corrected chi connectivity index (χ3v) is 6.19. The third-order valence-electron chi connectivity index (χ3n) is 6.19. The van der Waals surface area contributed by atoms with Gasteiger partial charge in [-0.1, -0.05) is 69.9 Å². The predicted octanol–water partition coefficient (Wildman–Crippen LogP) is 10.4. The summed E-state index contributed by atoms with van der Waals surface area (Å²) in [6.45, 7) is 13.8. The Labute approximate surface area is 188 Å². The highest BCUT2D eigenvalue weighted by Gasteiger charge is 1.97. The predicted molar refractivity (Wildman–Crippen MR) is 138 cm³/mol. The smallest absolute Gasteiger partial charge is 0.0288 e. The first kappa shape index (κ1) is 26.5. The molecular formula is C30H48. The molecule has 0 aromatic carbocycles. The van der Waals surface area contributed by atoms with E-state index in [1.165, 1.54) is 77.0 Å². The first-order chi connectivity index (χ1) is 14.4. The van der Waals surface area contributed by atoms with E-state index in [0.29, 0.717) is 0 Å². The van der Waals surface area contributed by atoms with E-state index in [9.17, 15) is 0 Å². The highest BCUT2D eigenvalue weighted by molar-refractivity contribution is 5.10. The van der Waals surface area contributed by atoms with Crippen LogP contribution >= 0.6 is 0 Å². The lowest BCUT2D eigenvalue weighted by Gasteiger charge is -2.05. The second-order valence-electron chi connectivity index (χ2n) is 9.53. The van der Waals surface area contributed by atoms with Gasteiger partial charge in [0.1, 0.15) is 0 Å². The molecule has 0 aliphatic heterocycles. The van der Waals surface area contributed by atoms with Crippen molar-refractivity contribution in [2.45, 2.75) is 119 Å². The van der Waals surface area contributed by atoms with Gasteiger partial charge in [-0.05, 0) is 119 Å². The van der Waals surface area contributed by atoms with Crippen LogP contribution in [0, 0.1) is 0 Å². The van der Waals surface area contributed by atoms with Crippen LogP contribution in [0.25, 0.3) is 0 Å². The van der Waals surface area contributed by atoms with Crippen LogP contribution in [0.5, 0.6) is 0 Å². The minimum absolute atomic E-state index is 1.18. The summed E-state index contributed by atoms with van der Waals surface area (Å²) in [5.41, 5.74) is 9.25. The van der Waals surface area contributed by atoms with E-state index >= 15 is 0 Å². The van der Waals surface area contributed by atoms with Crippen molar-refractivity contribution in [1.82, 2.24) is 0 Å². The molecule has 0 bridgehead atoms. The van der Waals surface area contributed by atoms with E-state index < -0.39 is 0 Å². The van der Waals surface area contributed by atoms with Gasteiger partial charge in [0.05, 0.1) is 0 Å². The quantitative estimate of drug-likeness (QED) is 0.350. The molecule has 0 fully saturated rings. The van der Waals surface area contributed by atoms with E-state index in [0.717, 1.165) is 0 Å². The summed E-state index contributed by atoms with van der Waals surface area (Å²) < 4.78 is 0. The second kappa shape index (κ2) is 16.2. The Balaban J connectivity index is 2.71. The fourth-order valence-corrected chi connectivity index (χ4v) is 3.89. The van der Waals surface area contributed by atoms with Gasteiger partial charge in [-0.2, -0.15) is 0 Å². The lowest BCUT2D eigenvalue weighted by molar-refractivity contribution is 0.875. The molecule has 0 heteroatoms. The van der Waals surface area contributed by atoms with Crippen LogP contribution in [-0.2, 0) is 0 Å². The summed E-state index contributed by atoms with van der Waals surface area (Å²) in [5.74, 6) is 0. The van der Waals surface area contributed by atoms with Gasteiger partial charge in [-0.3, -0.25) is 0 Å². The number of rotatable bonds is 0. The van der Waals surface area contributed by atoms with Crippen LogP contribution in [0.2, 0.25) is 0 Å². The van der Waals surface area contributed by atoms with Crippen LogP contribution in [0.3, 0.4) is 0 Å². The van der Waals surface area contributed by atoms with Crippen LogP contribution in [0.1, 0.15) is 119 Å². The van der Waals surface area contributed by atoms with Crippen LogP contribution < -0.4 is 0 Å². The highest BCUT2D eigenvalue weighted by Crippen LogP contribution is 2.17. The molecule has 0 radical (unpaired) electrons. The first-order valence-electron chi connectivity index (χ1n) is 12.3. The molecule has 0 amide bonds. The van der Waals surface area contributed by atoms with Crippen molar-refractivity contribution in [3.05, 3.63) is 69.9 Å². The van der Waals surface area contributed by atoms with Gasteiger partial charge >= 0.3 is 0 Å².